The SMILES string of the molecule is CCCCCc1ccc(C(CO)CO)c(F)c1F. The van der Waals surface area contributed by atoms with E-state index < -0.39 is 30.8 Å². The van der Waals surface area contributed by atoms with E-state index in [1.165, 1.54) is 6.07 Å². The lowest BCUT2D eigenvalue weighted by atomic mass is 9.96. The largest absolute Gasteiger partial charge is 0.396 e. The van der Waals surface area contributed by atoms with Gasteiger partial charge in [-0.15, -0.1) is 0 Å². The summed E-state index contributed by atoms with van der Waals surface area (Å²) < 4.78 is 27.6. The number of benzene rings is 1. The molecular weight excluding hydrogens is 238 g/mol. The number of hydrogen-bond donors (Lipinski definition) is 2. The van der Waals surface area contributed by atoms with Gasteiger partial charge in [0, 0.05) is 5.92 Å². The van der Waals surface area contributed by atoms with Crippen LogP contribution in [0.3, 0.4) is 0 Å². The van der Waals surface area contributed by atoms with Crippen LogP contribution in [0.4, 0.5) is 8.78 Å². The van der Waals surface area contributed by atoms with Crippen molar-refractivity contribution in [1.29, 1.82) is 0 Å². The third-order valence-electron chi connectivity index (χ3n) is 3.12. The molecule has 4 heteroatoms. The van der Waals surface area contributed by atoms with E-state index in [4.69, 9.17) is 10.2 Å². The molecule has 2 nitrogen and oxygen atoms in total. The van der Waals surface area contributed by atoms with Crippen LogP contribution in [0.5, 0.6) is 0 Å². The minimum atomic E-state index is -0.947. The van der Waals surface area contributed by atoms with Crippen LogP contribution in [0, 0.1) is 11.6 Å². The zero-order valence-electron chi connectivity index (χ0n) is 10.6. The summed E-state index contributed by atoms with van der Waals surface area (Å²) in [5.41, 5.74) is 0.399. The fourth-order valence-electron chi connectivity index (χ4n) is 1.93. The van der Waals surface area contributed by atoms with Crippen molar-refractivity contribution in [2.45, 2.75) is 38.5 Å². The lowest BCUT2D eigenvalue weighted by Gasteiger charge is -2.14. The number of hydrogen-bond acceptors (Lipinski definition) is 2. The number of aliphatic hydroxyl groups excluding tert-OH is 2. The van der Waals surface area contributed by atoms with E-state index in [9.17, 15) is 8.78 Å². The highest BCUT2D eigenvalue weighted by Gasteiger charge is 2.19. The molecule has 0 spiro atoms. The maximum absolute atomic E-state index is 13.8. The van der Waals surface area contributed by atoms with Crippen molar-refractivity contribution in [2.75, 3.05) is 13.2 Å². The molecule has 0 fully saturated rings. The molecule has 0 amide bonds. The maximum Gasteiger partial charge on any atom is 0.162 e. The third-order valence-corrected chi connectivity index (χ3v) is 3.12. The molecule has 0 saturated carbocycles. The highest BCUT2D eigenvalue weighted by molar-refractivity contribution is 5.29. The van der Waals surface area contributed by atoms with Crippen molar-refractivity contribution < 1.29 is 19.0 Å². The van der Waals surface area contributed by atoms with Gasteiger partial charge < -0.3 is 10.2 Å². The quantitative estimate of drug-likeness (QED) is 0.738. The van der Waals surface area contributed by atoms with Crippen LogP contribution in [0.15, 0.2) is 12.1 Å². The van der Waals surface area contributed by atoms with Crippen LogP contribution < -0.4 is 0 Å². The van der Waals surface area contributed by atoms with Crippen LogP contribution in [0.2, 0.25) is 0 Å². The van der Waals surface area contributed by atoms with Crippen LogP contribution in [0.1, 0.15) is 43.2 Å². The first-order valence-electron chi connectivity index (χ1n) is 6.34. The van der Waals surface area contributed by atoms with Crippen LogP contribution in [0.25, 0.3) is 0 Å². The maximum atomic E-state index is 13.8. The molecule has 0 atom stereocenters. The lowest BCUT2D eigenvalue weighted by Crippen LogP contribution is -2.12. The minimum Gasteiger partial charge on any atom is -0.396 e. The zero-order chi connectivity index (χ0) is 13.5. The van der Waals surface area contributed by atoms with Gasteiger partial charge in [0.05, 0.1) is 13.2 Å². The van der Waals surface area contributed by atoms with Crippen LogP contribution >= 0.6 is 0 Å². The normalized spacial score (nSPS) is 11.2. The van der Waals surface area contributed by atoms with Gasteiger partial charge in [0.1, 0.15) is 0 Å². The Labute approximate surface area is 106 Å². The summed E-state index contributed by atoms with van der Waals surface area (Å²) in [6, 6.07) is 3.00. The number of rotatable bonds is 7. The summed E-state index contributed by atoms with van der Waals surface area (Å²) in [4.78, 5) is 0. The summed E-state index contributed by atoms with van der Waals surface area (Å²) in [7, 11) is 0. The smallest absolute Gasteiger partial charge is 0.162 e. The van der Waals surface area contributed by atoms with E-state index in [1.807, 2.05) is 6.92 Å². The summed E-state index contributed by atoms with van der Waals surface area (Å²) in [6.07, 6.45) is 3.35. The average molecular weight is 258 g/mol. The Morgan fingerprint density at radius 3 is 2.28 bits per heavy atom. The van der Waals surface area contributed by atoms with Gasteiger partial charge in [-0.25, -0.2) is 8.78 Å². The van der Waals surface area contributed by atoms with Crippen molar-refractivity contribution in [3.05, 3.63) is 34.9 Å². The van der Waals surface area contributed by atoms with E-state index in [2.05, 4.69) is 0 Å². The van der Waals surface area contributed by atoms with E-state index in [-0.39, 0.29) is 5.56 Å². The zero-order valence-corrected chi connectivity index (χ0v) is 10.6. The Hall–Kier alpha value is -1.00. The molecule has 0 heterocycles. The first-order chi connectivity index (χ1) is 8.65. The van der Waals surface area contributed by atoms with E-state index in [0.717, 1.165) is 19.3 Å². The molecule has 102 valence electrons. The number of aryl methyl sites for hydroxylation is 1. The van der Waals surface area contributed by atoms with Crippen molar-refractivity contribution >= 4 is 0 Å². The number of unbranched alkanes of at least 4 members (excludes halogenated alkanes) is 2. The summed E-state index contributed by atoms with van der Waals surface area (Å²) in [6.45, 7) is 1.25. The Kier molecular flexibility index (Phi) is 6.22. The standard InChI is InChI=1S/C14H20F2O2/c1-2-3-4-5-10-6-7-12(11(8-17)9-18)14(16)13(10)15/h6-7,11,17-18H,2-5,8-9H2,1H3. The highest BCUT2D eigenvalue weighted by atomic mass is 19.2. The van der Waals surface area contributed by atoms with Crippen molar-refractivity contribution in [1.82, 2.24) is 0 Å². The average Bonchev–Trinajstić information content (AvgIpc) is 2.38. The minimum absolute atomic E-state index is 0.0386. The van der Waals surface area contributed by atoms with Gasteiger partial charge in [0.15, 0.2) is 11.6 Å². The molecule has 0 unspecified atom stereocenters. The van der Waals surface area contributed by atoms with Crippen molar-refractivity contribution in [3.63, 3.8) is 0 Å². The van der Waals surface area contributed by atoms with Gasteiger partial charge in [-0.2, -0.15) is 0 Å². The Balaban J connectivity index is 2.90. The number of halogens is 2. The van der Waals surface area contributed by atoms with Gasteiger partial charge in [0.25, 0.3) is 0 Å². The van der Waals surface area contributed by atoms with Gasteiger partial charge in [-0.05, 0) is 24.0 Å². The molecule has 0 aliphatic rings. The molecule has 2 N–H and O–H groups in total. The molecule has 1 aromatic carbocycles. The Morgan fingerprint density at radius 2 is 1.72 bits per heavy atom. The Morgan fingerprint density at radius 1 is 1.06 bits per heavy atom. The monoisotopic (exact) mass is 258 g/mol. The third kappa shape index (κ3) is 3.50. The van der Waals surface area contributed by atoms with Gasteiger partial charge in [-0.3, -0.25) is 0 Å². The van der Waals surface area contributed by atoms with Gasteiger partial charge in [-0.1, -0.05) is 31.9 Å². The molecule has 0 aromatic heterocycles. The molecular formula is C14H20F2O2. The van der Waals surface area contributed by atoms with Crippen LogP contribution in [-0.4, -0.2) is 23.4 Å². The molecule has 0 saturated heterocycles. The highest BCUT2D eigenvalue weighted by Crippen LogP contribution is 2.24. The molecule has 0 aliphatic heterocycles. The fourth-order valence-corrected chi connectivity index (χ4v) is 1.93. The van der Waals surface area contributed by atoms with E-state index >= 15 is 0 Å². The second-order valence-corrected chi connectivity index (χ2v) is 4.46. The second kappa shape index (κ2) is 7.44. The first kappa shape index (κ1) is 15.1. The molecule has 0 bridgehead atoms. The summed E-state index contributed by atoms with van der Waals surface area (Å²) >= 11 is 0. The summed E-state index contributed by atoms with van der Waals surface area (Å²) in [5, 5.41) is 18.0. The first-order valence-corrected chi connectivity index (χ1v) is 6.34. The molecule has 1 rings (SSSR count). The van der Waals surface area contributed by atoms with Crippen molar-refractivity contribution in [3.8, 4) is 0 Å². The molecule has 0 radical (unpaired) electrons. The fraction of sp³-hybridized carbons (Fsp3) is 0.571. The summed E-state index contributed by atoms with van der Waals surface area (Å²) in [5.74, 6) is -2.56. The van der Waals surface area contributed by atoms with Crippen molar-refractivity contribution in [2.24, 2.45) is 0 Å². The van der Waals surface area contributed by atoms with E-state index in [0.29, 0.717) is 12.0 Å². The van der Waals surface area contributed by atoms with E-state index in [1.54, 1.807) is 6.07 Å². The van der Waals surface area contributed by atoms with Crippen LogP contribution in [-0.2, 0) is 6.42 Å². The predicted molar refractivity (Wildman–Crippen MR) is 66.5 cm³/mol. The molecule has 1 aromatic rings. The molecule has 18 heavy (non-hydrogen) atoms. The van der Waals surface area contributed by atoms with Gasteiger partial charge >= 0.3 is 0 Å². The number of aliphatic hydroxyl groups is 2. The molecule has 0 aliphatic carbocycles. The predicted octanol–water partition coefficient (Wildman–Crippen LogP) is 2.77. The second-order valence-electron chi connectivity index (χ2n) is 4.46. The topological polar surface area (TPSA) is 40.5 Å². The lowest BCUT2D eigenvalue weighted by molar-refractivity contribution is 0.189. The van der Waals surface area contributed by atoms with Gasteiger partial charge in [0.2, 0.25) is 0 Å². The Bertz CT molecular complexity index is 376.